The first-order valence-corrected chi connectivity index (χ1v) is 13.7. The normalized spacial score (nSPS) is 25.7. The Balaban J connectivity index is 2.25. The fourth-order valence-electron chi connectivity index (χ4n) is 5.54. The minimum Gasteiger partial charge on any atom is -0.316 e. The summed E-state index contributed by atoms with van der Waals surface area (Å²) in [4.78, 5) is 4.61. The van der Waals surface area contributed by atoms with E-state index >= 15 is 0 Å². The van der Waals surface area contributed by atoms with Crippen molar-refractivity contribution in [1.82, 2.24) is 5.32 Å². The zero-order valence-corrected chi connectivity index (χ0v) is 23.8. The minimum atomic E-state index is 0.516. The van der Waals surface area contributed by atoms with Gasteiger partial charge in [0.1, 0.15) is 0 Å². The van der Waals surface area contributed by atoms with E-state index in [-0.39, 0.29) is 0 Å². The van der Waals surface area contributed by atoms with Gasteiger partial charge < -0.3 is 5.32 Å². The number of nitrogens with one attached hydrogen (secondary N) is 1. The maximum absolute atomic E-state index is 4.61. The molecular formula is C29H47IN2. The highest BCUT2D eigenvalue weighted by atomic mass is 127. The van der Waals surface area contributed by atoms with Gasteiger partial charge >= 0.3 is 0 Å². The molecule has 0 aromatic carbocycles. The van der Waals surface area contributed by atoms with Crippen molar-refractivity contribution < 1.29 is 0 Å². The number of halogens is 1. The second-order valence-electron chi connectivity index (χ2n) is 10.9. The number of hydrogen-bond donors (Lipinski definition) is 1. The Hall–Kier alpha value is -0.680. The molecule has 0 aromatic heterocycles. The Morgan fingerprint density at radius 2 is 1.72 bits per heavy atom. The lowest BCUT2D eigenvalue weighted by Gasteiger charge is -2.49. The molecule has 0 amide bonds. The van der Waals surface area contributed by atoms with Gasteiger partial charge in [0.05, 0.1) is 0 Å². The highest BCUT2D eigenvalue weighted by Gasteiger charge is 2.43. The molecule has 0 aromatic rings. The molecule has 2 nitrogen and oxygen atoms in total. The average molecular weight is 551 g/mol. The highest BCUT2D eigenvalue weighted by Crippen LogP contribution is 2.55. The van der Waals surface area contributed by atoms with Crippen molar-refractivity contribution in [3.63, 3.8) is 0 Å². The van der Waals surface area contributed by atoms with Crippen LogP contribution in [0.25, 0.3) is 0 Å². The number of hydrogen-bond acceptors (Lipinski definition) is 2. The predicted molar refractivity (Wildman–Crippen MR) is 152 cm³/mol. The van der Waals surface area contributed by atoms with E-state index in [4.69, 9.17) is 0 Å². The average Bonchev–Trinajstić information content (AvgIpc) is 2.77. The maximum Gasteiger partial charge on any atom is 0.0399 e. The number of nitrogens with zero attached hydrogens (tertiary/aromatic N) is 1. The molecule has 3 fully saturated rings. The lowest BCUT2D eigenvalue weighted by Crippen LogP contribution is -2.38. The summed E-state index contributed by atoms with van der Waals surface area (Å²) in [7, 11) is 1.91. The fraction of sp³-hybridized carbons (Fsp3) is 0.690. The summed E-state index contributed by atoms with van der Waals surface area (Å²) in [6.45, 7) is 22.0. The summed E-state index contributed by atoms with van der Waals surface area (Å²) >= 11 is 2.57. The van der Waals surface area contributed by atoms with Crippen LogP contribution < -0.4 is 5.32 Å². The van der Waals surface area contributed by atoms with Crippen molar-refractivity contribution >= 4 is 28.3 Å². The Kier molecular flexibility index (Phi) is 10.9. The third-order valence-electron chi connectivity index (χ3n) is 7.90. The molecule has 2 bridgehead atoms. The second kappa shape index (κ2) is 12.7. The zero-order chi connectivity index (χ0) is 23.9. The van der Waals surface area contributed by atoms with Crippen LogP contribution in [-0.4, -0.2) is 25.8 Å². The van der Waals surface area contributed by atoms with Crippen molar-refractivity contribution in [2.75, 3.05) is 20.1 Å². The summed E-state index contributed by atoms with van der Waals surface area (Å²) in [5.41, 5.74) is 6.60. The van der Waals surface area contributed by atoms with Gasteiger partial charge in [-0.2, -0.15) is 0 Å². The molecule has 0 aliphatic heterocycles. The molecule has 3 aliphatic carbocycles. The van der Waals surface area contributed by atoms with Crippen LogP contribution in [0, 0.1) is 23.2 Å². The zero-order valence-electron chi connectivity index (χ0n) is 21.6. The Morgan fingerprint density at radius 3 is 2.22 bits per heavy atom. The van der Waals surface area contributed by atoms with E-state index in [0.717, 1.165) is 43.1 Å². The van der Waals surface area contributed by atoms with Crippen LogP contribution in [0.15, 0.2) is 50.1 Å². The molecule has 0 saturated heterocycles. The molecule has 32 heavy (non-hydrogen) atoms. The standard InChI is InChI=1S/C29H47IN2/c1-20(2)19-32-16-12-22(5)17-26(21(3)4)28(24(7)31-8)27(30)18-23(6)29-13-9-25(10-14-29)11-15-29/h18,20,23,25,32H,3,5,9-17,19H2,1-2,4,6-8H3/b27-18+,28-26+,31-24?. The largest absolute Gasteiger partial charge is 0.316 e. The van der Waals surface area contributed by atoms with Crippen LogP contribution >= 0.6 is 22.6 Å². The molecule has 3 aliphatic rings. The molecule has 1 unspecified atom stereocenters. The molecule has 3 rings (SSSR count). The van der Waals surface area contributed by atoms with Gasteiger partial charge in [-0.3, -0.25) is 4.99 Å². The first-order chi connectivity index (χ1) is 15.1. The third-order valence-corrected chi connectivity index (χ3v) is 8.80. The first-order valence-electron chi connectivity index (χ1n) is 12.7. The van der Waals surface area contributed by atoms with Crippen molar-refractivity contribution in [2.45, 2.75) is 86.0 Å². The van der Waals surface area contributed by atoms with Crippen molar-refractivity contribution in [1.29, 1.82) is 0 Å². The summed E-state index contributed by atoms with van der Waals surface area (Å²) in [6.07, 6.45) is 13.0. The lowest BCUT2D eigenvalue weighted by molar-refractivity contribution is 0.0322. The Morgan fingerprint density at radius 1 is 1.12 bits per heavy atom. The number of allylic oxidation sites excluding steroid dienone is 5. The van der Waals surface area contributed by atoms with E-state index in [1.54, 1.807) is 0 Å². The Labute approximate surface area is 212 Å². The minimum absolute atomic E-state index is 0.516. The van der Waals surface area contributed by atoms with Crippen LogP contribution in [0.5, 0.6) is 0 Å². The van der Waals surface area contributed by atoms with Crippen LogP contribution in [0.3, 0.4) is 0 Å². The SMILES string of the molecule is C=C(CCNCC(C)C)C/C(C(=C)C)=C(C(C)=NC)\C(I)=C/C(C)C12CCC(CC1)CC2. The molecule has 0 spiro atoms. The van der Waals surface area contributed by atoms with Crippen LogP contribution in [-0.2, 0) is 0 Å². The van der Waals surface area contributed by atoms with Gasteiger partial charge in [0.25, 0.3) is 0 Å². The molecule has 1 atom stereocenters. The molecule has 0 radical (unpaired) electrons. The van der Waals surface area contributed by atoms with E-state index in [1.807, 2.05) is 7.05 Å². The van der Waals surface area contributed by atoms with Gasteiger partial charge in [-0.15, -0.1) is 0 Å². The molecule has 180 valence electrons. The van der Waals surface area contributed by atoms with E-state index in [0.29, 0.717) is 17.3 Å². The molecular weight excluding hydrogens is 503 g/mol. The lowest BCUT2D eigenvalue weighted by atomic mass is 9.56. The van der Waals surface area contributed by atoms with Gasteiger partial charge in [-0.05, 0) is 130 Å². The summed E-state index contributed by atoms with van der Waals surface area (Å²) in [6, 6.07) is 0. The second-order valence-corrected chi connectivity index (χ2v) is 12.0. The number of aliphatic imine (C=N–C) groups is 1. The van der Waals surface area contributed by atoms with Gasteiger partial charge in [0, 0.05) is 21.9 Å². The first kappa shape index (κ1) is 27.6. The van der Waals surface area contributed by atoms with Gasteiger partial charge in [0.2, 0.25) is 0 Å². The van der Waals surface area contributed by atoms with Gasteiger partial charge in [-0.1, -0.05) is 51.2 Å². The fourth-order valence-corrected chi connectivity index (χ4v) is 6.79. The number of fused-ring (bicyclic) bond motifs is 3. The molecule has 3 heteroatoms. The van der Waals surface area contributed by atoms with Crippen molar-refractivity contribution in [3.8, 4) is 0 Å². The van der Waals surface area contributed by atoms with E-state index in [9.17, 15) is 0 Å². The predicted octanol–water partition coefficient (Wildman–Crippen LogP) is 8.46. The summed E-state index contributed by atoms with van der Waals surface area (Å²) in [5, 5.41) is 3.55. The van der Waals surface area contributed by atoms with Gasteiger partial charge in [-0.25, -0.2) is 0 Å². The van der Waals surface area contributed by atoms with Crippen molar-refractivity contribution in [3.05, 3.63) is 45.1 Å². The van der Waals surface area contributed by atoms with E-state index < -0.39 is 0 Å². The highest BCUT2D eigenvalue weighted by molar-refractivity contribution is 14.1. The third kappa shape index (κ3) is 7.41. The quantitative estimate of drug-likeness (QED) is 0.0852. The van der Waals surface area contributed by atoms with Crippen LogP contribution in [0.1, 0.15) is 86.0 Å². The van der Waals surface area contributed by atoms with Crippen LogP contribution in [0.2, 0.25) is 0 Å². The molecule has 0 heterocycles. The number of rotatable bonds is 12. The maximum atomic E-state index is 4.61. The molecule has 3 saturated carbocycles. The topological polar surface area (TPSA) is 24.4 Å². The Bertz CT molecular complexity index is 746. The summed E-state index contributed by atoms with van der Waals surface area (Å²) < 4.78 is 1.34. The van der Waals surface area contributed by atoms with E-state index in [1.165, 1.54) is 58.8 Å². The van der Waals surface area contributed by atoms with Crippen molar-refractivity contribution in [2.24, 2.45) is 28.2 Å². The van der Waals surface area contributed by atoms with Gasteiger partial charge in [0.15, 0.2) is 0 Å². The van der Waals surface area contributed by atoms with E-state index in [2.05, 4.69) is 86.8 Å². The van der Waals surface area contributed by atoms with Crippen LogP contribution in [0.4, 0.5) is 0 Å². The summed E-state index contributed by atoms with van der Waals surface area (Å²) in [5.74, 6) is 2.29. The molecule has 1 N–H and O–H groups in total. The monoisotopic (exact) mass is 550 g/mol. The smallest absolute Gasteiger partial charge is 0.0399 e.